The van der Waals surface area contributed by atoms with Crippen molar-refractivity contribution in [1.82, 2.24) is 0 Å². The van der Waals surface area contributed by atoms with Gasteiger partial charge in [0.25, 0.3) is 0 Å². The van der Waals surface area contributed by atoms with Crippen molar-refractivity contribution in [3.63, 3.8) is 0 Å². The summed E-state index contributed by atoms with van der Waals surface area (Å²) in [5.74, 6) is 0. The molecule has 0 radical (unpaired) electrons. The molecule has 0 amide bonds. The van der Waals surface area contributed by atoms with Gasteiger partial charge in [0.05, 0.1) is 6.07 Å². The Hall–Kier alpha value is -0.660. The standard InChI is InChI=1S/C5H7N.H3O4P/c1-3-5(2)4-6;1-5(2,3)4/h2-3H2,1H3;(H3,1,2,3,4). The second-order valence-corrected chi connectivity index (χ2v) is 2.61. The van der Waals surface area contributed by atoms with E-state index in [1.165, 1.54) is 0 Å². The summed E-state index contributed by atoms with van der Waals surface area (Å²) in [4.78, 5) is 21.6. The van der Waals surface area contributed by atoms with E-state index in [0.717, 1.165) is 6.42 Å². The SMILES string of the molecule is C=C(C#N)CC.O=P(O)(O)O. The maximum atomic E-state index is 8.88. The summed E-state index contributed by atoms with van der Waals surface area (Å²) in [7, 11) is -4.64. The second kappa shape index (κ2) is 6.08. The van der Waals surface area contributed by atoms with E-state index < -0.39 is 7.82 Å². The van der Waals surface area contributed by atoms with Gasteiger partial charge in [-0.15, -0.1) is 0 Å². The predicted octanol–water partition coefficient (Wildman–Crippen LogP) is 0.548. The van der Waals surface area contributed by atoms with Crippen molar-refractivity contribution >= 4 is 7.82 Å². The van der Waals surface area contributed by atoms with Crippen molar-refractivity contribution in [3.8, 4) is 6.07 Å². The van der Waals surface area contributed by atoms with Gasteiger partial charge in [-0.05, 0) is 6.42 Å². The van der Waals surface area contributed by atoms with Gasteiger partial charge in [0, 0.05) is 5.57 Å². The summed E-state index contributed by atoms with van der Waals surface area (Å²) in [6.07, 6.45) is 0.774. The van der Waals surface area contributed by atoms with Crippen molar-refractivity contribution < 1.29 is 19.2 Å². The summed E-state index contributed by atoms with van der Waals surface area (Å²) in [5, 5.41) is 7.99. The Balaban J connectivity index is 0. The molecule has 0 unspecified atom stereocenters. The third kappa shape index (κ3) is 45.1. The van der Waals surface area contributed by atoms with E-state index >= 15 is 0 Å². The fraction of sp³-hybridized carbons (Fsp3) is 0.400. The molecule has 0 aromatic carbocycles. The number of hydrogen-bond donors (Lipinski definition) is 3. The zero-order valence-corrected chi connectivity index (χ0v) is 6.95. The highest BCUT2D eigenvalue weighted by Crippen LogP contribution is 2.25. The Bertz CT molecular complexity index is 193. The van der Waals surface area contributed by atoms with Crippen LogP contribution in [0.15, 0.2) is 12.2 Å². The van der Waals surface area contributed by atoms with Crippen LogP contribution in [0.25, 0.3) is 0 Å². The lowest BCUT2D eigenvalue weighted by Crippen LogP contribution is -1.66. The van der Waals surface area contributed by atoms with Crippen LogP contribution in [0.1, 0.15) is 13.3 Å². The van der Waals surface area contributed by atoms with Crippen LogP contribution >= 0.6 is 7.82 Å². The zero-order valence-electron chi connectivity index (χ0n) is 6.06. The van der Waals surface area contributed by atoms with Crippen LogP contribution in [0, 0.1) is 11.3 Å². The van der Waals surface area contributed by atoms with Gasteiger partial charge in [-0.1, -0.05) is 13.5 Å². The Morgan fingerprint density at radius 1 is 1.64 bits per heavy atom. The van der Waals surface area contributed by atoms with Gasteiger partial charge in [-0.3, -0.25) is 0 Å². The van der Waals surface area contributed by atoms with Gasteiger partial charge >= 0.3 is 7.82 Å². The van der Waals surface area contributed by atoms with E-state index in [1.807, 2.05) is 13.0 Å². The predicted molar refractivity (Wildman–Crippen MR) is 39.3 cm³/mol. The van der Waals surface area contributed by atoms with Crippen LogP contribution in [0.3, 0.4) is 0 Å². The highest BCUT2D eigenvalue weighted by Gasteiger charge is 2.00. The molecule has 3 N–H and O–H groups in total. The molecule has 0 aliphatic rings. The van der Waals surface area contributed by atoms with Crippen molar-refractivity contribution in [2.75, 3.05) is 0 Å². The second-order valence-electron chi connectivity index (χ2n) is 1.58. The summed E-state index contributed by atoms with van der Waals surface area (Å²) < 4.78 is 8.88. The maximum absolute atomic E-state index is 8.88. The first-order valence-electron chi connectivity index (χ1n) is 2.67. The minimum absolute atomic E-state index is 0.648. The van der Waals surface area contributed by atoms with Crippen LogP contribution in [0.2, 0.25) is 0 Å². The maximum Gasteiger partial charge on any atom is 0.466 e. The first kappa shape index (κ1) is 13.0. The molecule has 0 aromatic heterocycles. The first-order valence-corrected chi connectivity index (χ1v) is 4.24. The molecule has 5 nitrogen and oxygen atoms in total. The molecule has 0 spiro atoms. The third-order valence-corrected chi connectivity index (χ3v) is 0.585. The fourth-order valence-corrected chi connectivity index (χ4v) is 0.0791. The molecular formula is C5H10NO4P. The lowest BCUT2D eigenvalue weighted by atomic mass is 10.3. The molecule has 0 fully saturated rings. The minimum Gasteiger partial charge on any atom is -0.303 e. The fourth-order valence-electron chi connectivity index (χ4n) is 0.0791. The molecule has 0 atom stereocenters. The van der Waals surface area contributed by atoms with E-state index in [2.05, 4.69) is 6.58 Å². The average molecular weight is 179 g/mol. The van der Waals surface area contributed by atoms with E-state index in [-0.39, 0.29) is 0 Å². The van der Waals surface area contributed by atoms with Gasteiger partial charge in [0.15, 0.2) is 0 Å². The number of hydrogen-bond acceptors (Lipinski definition) is 2. The van der Waals surface area contributed by atoms with Crippen LogP contribution in [0.4, 0.5) is 0 Å². The normalized spacial score (nSPS) is 9.00. The highest BCUT2D eigenvalue weighted by molar-refractivity contribution is 7.45. The van der Waals surface area contributed by atoms with Crippen molar-refractivity contribution in [2.24, 2.45) is 0 Å². The molecule has 11 heavy (non-hydrogen) atoms. The topological polar surface area (TPSA) is 102 Å². The van der Waals surface area contributed by atoms with E-state index in [4.69, 9.17) is 24.5 Å². The number of nitrogens with zero attached hydrogens (tertiary/aromatic N) is 1. The van der Waals surface area contributed by atoms with Crippen molar-refractivity contribution in [2.45, 2.75) is 13.3 Å². The van der Waals surface area contributed by atoms with Crippen LogP contribution in [-0.4, -0.2) is 14.7 Å². The quantitative estimate of drug-likeness (QED) is 0.403. The Labute approximate surface area is 64.8 Å². The Morgan fingerprint density at radius 3 is 1.91 bits per heavy atom. The van der Waals surface area contributed by atoms with Crippen LogP contribution in [0.5, 0.6) is 0 Å². The van der Waals surface area contributed by atoms with E-state index in [1.54, 1.807) is 0 Å². The molecule has 0 aromatic rings. The molecular weight excluding hydrogens is 169 g/mol. The molecule has 0 aliphatic carbocycles. The van der Waals surface area contributed by atoms with Gasteiger partial charge in [0.1, 0.15) is 0 Å². The summed E-state index contributed by atoms with van der Waals surface area (Å²) in [6.45, 7) is 5.34. The summed E-state index contributed by atoms with van der Waals surface area (Å²) >= 11 is 0. The lowest BCUT2D eigenvalue weighted by Gasteiger charge is -1.82. The number of rotatable bonds is 1. The molecule has 64 valence electrons. The number of nitriles is 1. The van der Waals surface area contributed by atoms with Gasteiger partial charge in [-0.25, -0.2) is 4.57 Å². The third-order valence-electron chi connectivity index (χ3n) is 0.585. The molecule has 0 bridgehead atoms. The molecule has 0 rings (SSSR count). The van der Waals surface area contributed by atoms with Crippen molar-refractivity contribution in [3.05, 3.63) is 12.2 Å². The molecule has 0 saturated heterocycles. The Morgan fingerprint density at radius 2 is 1.91 bits per heavy atom. The number of phosphoric acid groups is 1. The molecule has 0 heterocycles. The van der Waals surface area contributed by atoms with Crippen molar-refractivity contribution in [1.29, 1.82) is 5.26 Å². The largest absolute Gasteiger partial charge is 0.466 e. The highest BCUT2D eigenvalue weighted by atomic mass is 31.2. The monoisotopic (exact) mass is 179 g/mol. The molecule has 0 saturated carbocycles. The number of allylic oxidation sites excluding steroid dienone is 1. The summed E-state index contributed by atoms with van der Waals surface area (Å²) in [5.41, 5.74) is 0.648. The van der Waals surface area contributed by atoms with Crippen LogP contribution < -0.4 is 0 Å². The van der Waals surface area contributed by atoms with Crippen LogP contribution in [-0.2, 0) is 4.57 Å². The first-order chi connectivity index (χ1) is 4.81. The average Bonchev–Trinajstić information content (AvgIpc) is 1.83. The summed E-state index contributed by atoms with van der Waals surface area (Å²) in [6, 6.07) is 1.92. The van der Waals surface area contributed by atoms with Gasteiger partial charge < -0.3 is 14.7 Å². The van der Waals surface area contributed by atoms with Gasteiger partial charge in [-0.2, -0.15) is 5.26 Å². The lowest BCUT2D eigenvalue weighted by molar-refractivity contribution is 0.275. The smallest absolute Gasteiger partial charge is 0.303 e. The Kier molecular flexibility index (Phi) is 7.16. The zero-order chi connectivity index (χ0) is 9.49. The molecule has 6 heteroatoms. The van der Waals surface area contributed by atoms with Gasteiger partial charge in [0.2, 0.25) is 0 Å². The van der Waals surface area contributed by atoms with E-state index in [9.17, 15) is 0 Å². The van der Waals surface area contributed by atoms with E-state index in [0.29, 0.717) is 5.57 Å². The minimum atomic E-state index is -4.64. The molecule has 0 aliphatic heterocycles.